The number of para-hydroxylation sites is 1. The molecule has 1 heterocycles. The van der Waals surface area contributed by atoms with E-state index < -0.39 is 0 Å². The van der Waals surface area contributed by atoms with Gasteiger partial charge in [0, 0.05) is 29.7 Å². The van der Waals surface area contributed by atoms with Crippen LogP contribution in [0.4, 0.5) is 0 Å². The molecule has 0 bridgehead atoms. The number of rotatable bonds is 4. The van der Waals surface area contributed by atoms with Gasteiger partial charge in [-0.05, 0) is 37.7 Å². The average Bonchev–Trinajstić information content (AvgIpc) is 2.88. The summed E-state index contributed by atoms with van der Waals surface area (Å²) in [5.41, 5.74) is 1.87. The number of hydrogen-bond acceptors (Lipinski definition) is 2. The molecule has 3 rings (SSSR count). The molecular weight excluding hydrogens is 288 g/mol. The highest BCUT2D eigenvalue weighted by Gasteiger charge is 2.23. The standard InChI is InChI=1S/C19H26N2O2/c1-13(2)11-21-12-17(16-5-3-4-6-18(16)21)19(23)20-14-7-9-15(22)10-8-14/h3-6,12-15,22H,7-11H2,1-2H3,(H,20,23). The molecule has 0 unspecified atom stereocenters. The SMILES string of the molecule is CC(C)Cn1cc(C(=O)NC2CCC(O)CC2)c2ccccc21. The molecule has 0 atom stereocenters. The minimum Gasteiger partial charge on any atom is -0.393 e. The van der Waals surface area contributed by atoms with E-state index in [2.05, 4.69) is 29.8 Å². The summed E-state index contributed by atoms with van der Waals surface area (Å²) in [5, 5.41) is 13.8. The molecule has 1 aromatic carbocycles. The van der Waals surface area contributed by atoms with Crippen molar-refractivity contribution in [3.8, 4) is 0 Å². The first-order valence-electron chi connectivity index (χ1n) is 8.61. The molecular formula is C19H26N2O2. The van der Waals surface area contributed by atoms with E-state index in [9.17, 15) is 9.90 Å². The number of amides is 1. The van der Waals surface area contributed by atoms with Gasteiger partial charge in [-0.15, -0.1) is 0 Å². The van der Waals surface area contributed by atoms with Crippen molar-refractivity contribution in [1.29, 1.82) is 0 Å². The smallest absolute Gasteiger partial charge is 0.253 e. The molecule has 124 valence electrons. The van der Waals surface area contributed by atoms with Crippen molar-refractivity contribution < 1.29 is 9.90 Å². The maximum absolute atomic E-state index is 12.7. The second-order valence-electron chi connectivity index (χ2n) is 7.09. The van der Waals surface area contributed by atoms with Crippen LogP contribution in [0.1, 0.15) is 49.9 Å². The van der Waals surface area contributed by atoms with Crippen LogP contribution < -0.4 is 5.32 Å². The van der Waals surface area contributed by atoms with Crippen LogP contribution in [0.15, 0.2) is 30.5 Å². The molecule has 1 fully saturated rings. The van der Waals surface area contributed by atoms with Crippen LogP contribution in [0.3, 0.4) is 0 Å². The Morgan fingerprint density at radius 3 is 2.65 bits per heavy atom. The molecule has 0 aliphatic heterocycles. The monoisotopic (exact) mass is 314 g/mol. The molecule has 1 aromatic heterocycles. The Morgan fingerprint density at radius 1 is 1.26 bits per heavy atom. The lowest BCUT2D eigenvalue weighted by Crippen LogP contribution is -2.38. The average molecular weight is 314 g/mol. The Balaban J connectivity index is 1.82. The molecule has 23 heavy (non-hydrogen) atoms. The summed E-state index contributed by atoms with van der Waals surface area (Å²) >= 11 is 0. The minimum atomic E-state index is -0.198. The summed E-state index contributed by atoms with van der Waals surface area (Å²) < 4.78 is 2.18. The van der Waals surface area contributed by atoms with Crippen molar-refractivity contribution in [3.63, 3.8) is 0 Å². The molecule has 0 saturated heterocycles. The van der Waals surface area contributed by atoms with E-state index in [-0.39, 0.29) is 18.1 Å². The predicted octanol–water partition coefficient (Wildman–Crippen LogP) is 3.33. The van der Waals surface area contributed by atoms with Crippen LogP contribution in [-0.2, 0) is 6.54 Å². The summed E-state index contributed by atoms with van der Waals surface area (Å²) in [7, 11) is 0. The van der Waals surface area contributed by atoms with E-state index in [1.54, 1.807) is 0 Å². The topological polar surface area (TPSA) is 54.3 Å². The molecule has 2 N–H and O–H groups in total. The van der Waals surface area contributed by atoms with E-state index in [4.69, 9.17) is 0 Å². The van der Waals surface area contributed by atoms with Gasteiger partial charge in [0.1, 0.15) is 0 Å². The highest BCUT2D eigenvalue weighted by molar-refractivity contribution is 6.07. The fourth-order valence-electron chi connectivity index (χ4n) is 3.46. The van der Waals surface area contributed by atoms with Crippen LogP contribution >= 0.6 is 0 Å². The summed E-state index contributed by atoms with van der Waals surface area (Å²) in [6.45, 7) is 5.27. The minimum absolute atomic E-state index is 0.00472. The summed E-state index contributed by atoms with van der Waals surface area (Å²) in [5.74, 6) is 0.534. The fourth-order valence-corrected chi connectivity index (χ4v) is 3.46. The maximum Gasteiger partial charge on any atom is 0.253 e. The number of nitrogens with zero attached hydrogens (tertiary/aromatic N) is 1. The highest BCUT2D eigenvalue weighted by Crippen LogP contribution is 2.24. The summed E-state index contributed by atoms with van der Waals surface area (Å²) in [6.07, 6.45) is 5.06. The third-order valence-corrected chi connectivity index (χ3v) is 4.63. The normalized spacial score (nSPS) is 21.7. The Kier molecular flexibility index (Phi) is 4.71. The van der Waals surface area contributed by atoms with Crippen molar-refractivity contribution in [2.75, 3.05) is 0 Å². The molecule has 0 spiro atoms. The maximum atomic E-state index is 12.7. The number of aromatic nitrogens is 1. The van der Waals surface area contributed by atoms with Gasteiger partial charge >= 0.3 is 0 Å². The Labute approximate surface area is 137 Å². The van der Waals surface area contributed by atoms with Crippen LogP contribution in [0.25, 0.3) is 10.9 Å². The summed E-state index contributed by atoms with van der Waals surface area (Å²) in [6, 6.07) is 8.27. The third-order valence-electron chi connectivity index (χ3n) is 4.63. The number of nitrogens with one attached hydrogen (secondary N) is 1. The van der Waals surface area contributed by atoms with E-state index in [0.29, 0.717) is 5.92 Å². The first-order valence-corrected chi connectivity index (χ1v) is 8.61. The van der Waals surface area contributed by atoms with Gasteiger partial charge in [0.05, 0.1) is 11.7 Å². The first-order chi connectivity index (χ1) is 11.0. The van der Waals surface area contributed by atoms with Crippen molar-refractivity contribution in [2.45, 2.75) is 58.2 Å². The largest absolute Gasteiger partial charge is 0.393 e. The third kappa shape index (κ3) is 3.58. The molecule has 1 amide bonds. The van der Waals surface area contributed by atoms with Gasteiger partial charge in [-0.25, -0.2) is 0 Å². The highest BCUT2D eigenvalue weighted by atomic mass is 16.3. The lowest BCUT2D eigenvalue weighted by atomic mass is 9.93. The molecule has 2 aromatic rings. The molecule has 0 radical (unpaired) electrons. The fraction of sp³-hybridized carbons (Fsp3) is 0.526. The van der Waals surface area contributed by atoms with Crippen molar-refractivity contribution >= 4 is 16.8 Å². The lowest BCUT2D eigenvalue weighted by molar-refractivity contribution is 0.0869. The number of aliphatic hydroxyl groups excluding tert-OH is 1. The van der Waals surface area contributed by atoms with Gasteiger partial charge < -0.3 is 15.0 Å². The Hall–Kier alpha value is -1.81. The van der Waals surface area contributed by atoms with Gasteiger partial charge in [0.15, 0.2) is 0 Å². The summed E-state index contributed by atoms with van der Waals surface area (Å²) in [4.78, 5) is 12.7. The van der Waals surface area contributed by atoms with Crippen LogP contribution in [0.5, 0.6) is 0 Å². The molecule has 1 aliphatic carbocycles. The second kappa shape index (κ2) is 6.75. The van der Waals surface area contributed by atoms with Crippen molar-refractivity contribution in [2.24, 2.45) is 5.92 Å². The van der Waals surface area contributed by atoms with Crippen LogP contribution in [0, 0.1) is 5.92 Å². The quantitative estimate of drug-likeness (QED) is 0.909. The molecule has 1 aliphatic rings. The van der Waals surface area contributed by atoms with E-state index >= 15 is 0 Å². The van der Waals surface area contributed by atoms with Gasteiger partial charge in [-0.2, -0.15) is 0 Å². The van der Waals surface area contributed by atoms with Crippen molar-refractivity contribution in [3.05, 3.63) is 36.0 Å². The predicted molar refractivity (Wildman–Crippen MR) is 92.5 cm³/mol. The second-order valence-corrected chi connectivity index (χ2v) is 7.09. The number of fused-ring (bicyclic) bond motifs is 1. The van der Waals surface area contributed by atoms with Crippen LogP contribution in [0.2, 0.25) is 0 Å². The van der Waals surface area contributed by atoms with E-state index in [1.807, 2.05) is 24.4 Å². The van der Waals surface area contributed by atoms with Gasteiger partial charge in [0.25, 0.3) is 5.91 Å². The number of carbonyl (C=O) groups is 1. The molecule has 4 nitrogen and oxygen atoms in total. The Morgan fingerprint density at radius 2 is 1.96 bits per heavy atom. The zero-order chi connectivity index (χ0) is 16.4. The van der Waals surface area contributed by atoms with Crippen molar-refractivity contribution in [1.82, 2.24) is 9.88 Å². The Bertz CT molecular complexity index is 682. The number of carbonyl (C=O) groups excluding carboxylic acids is 1. The van der Waals surface area contributed by atoms with E-state index in [1.165, 1.54) is 0 Å². The lowest BCUT2D eigenvalue weighted by Gasteiger charge is -2.26. The van der Waals surface area contributed by atoms with Crippen LogP contribution in [-0.4, -0.2) is 27.7 Å². The van der Waals surface area contributed by atoms with E-state index in [0.717, 1.165) is 48.7 Å². The van der Waals surface area contributed by atoms with Gasteiger partial charge in [-0.1, -0.05) is 32.0 Å². The molecule has 1 saturated carbocycles. The number of benzene rings is 1. The van der Waals surface area contributed by atoms with Gasteiger partial charge in [-0.3, -0.25) is 4.79 Å². The number of aliphatic hydroxyl groups is 1. The first kappa shape index (κ1) is 16.1. The number of hydrogen-bond donors (Lipinski definition) is 2. The van der Waals surface area contributed by atoms with Gasteiger partial charge in [0.2, 0.25) is 0 Å². The zero-order valence-corrected chi connectivity index (χ0v) is 14.0. The zero-order valence-electron chi connectivity index (χ0n) is 14.0. The molecule has 4 heteroatoms.